The molecule has 0 bridgehead atoms. The van der Waals surface area contributed by atoms with E-state index in [2.05, 4.69) is 38.2 Å². The van der Waals surface area contributed by atoms with Gasteiger partial charge in [-0.3, -0.25) is 24.6 Å². The number of rotatable bonds is 5. The van der Waals surface area contributed by atoms with E-state index >= 15 is 0 Å². The van der Waals surface area contributed by atoms with Crippen LogP contribution in [0.15, 0.2) is 42.6 Å². The molecule has 2 atom stereocenters. The highest BCUT2D eigenvalue weighted by Crippen LogP contribution is 2.31. The lowest BCUT2D eigenvalue weighted by atomic mass is 10.0. The highest BCUT2D eigenvalue weighted by Gasteiger charge is 2.39. The van der Waals surface area contributed by atoms with Gasteiger partial charge in [0.05, 0.1) is 5.52 Å². The fourth-order valence-corrected chi connectivity index (χ4v) is 5.36. The molecule has 6 rings (SSSR count). The number of hydrogen-bond donors (Lipinski definition) is 1. The second kappa shape index (κ2) is 9.30. The molecule has 0 aliphatic carbocycles. The summed E-state index contributed by atoms with van der Waals surface area (Å²) < 4.78 is 6.28. The van der Waals surface area contributed by atoms with E-state index in [0.29, 0.717) is 24.4 Å². The van der Waals surface area contributed by atoms with Crippen LogP contribution in [0.25, 0.3) is 10.9 Å². The van der Waals surface area contributed by atoms with Gasteiger partial charge in [-0.1, -0.05) is 6.07 Å². The van der Waals surface area contributed by atoms with Gasteiger partial charge in [0.2, 0.25) is 17.6 Å². The van der Waals surface area contributed by atoms with Crippen LogP contribution >= 0.6 is 0 Å². The largest absolute Gasteiger partial charge is 0.489 e. The SMILES string of the molecule is C#Cc1ncc2cc(CN3CC[C@H](Oc4ccc5c(c4)CN(C4CCC(=O)NC4=O)C5=O)C3)ccc2n1. The molecule has 1 aromatic heterocycles. The van der Waals surface area contributed by atoms with Gasteiger partial charge in [0.1, 0.15) is 17.9 Å². The van der Waals surface area contributed by atoms with Gasteiger partial charge in [0.15, 0.2) is 0 Å². The van der Waals surface area contributed by atoms with Gasteiger partial charge in [-0.15, -0.1) is 6.42 Å². The second-order valence-electron chi connectivity index (χ2n) is 9.71. The third kappa shape index (κ3) is 4.52. The molecule has 0 radical (unpaired) electrons. The smallest absolute Gasteiger partial charge is 0.255 e. The first kappa shape index (κ1) is 23.1. The van der Waals surface area contributed by atoms with Crippen molar-refractivity contribution in [1.82, 2.24) is 25.1 Å². The summed E-state index contributed by atoms with van der Waals surface area (Å²) in [5.41, 5.74) is 3.43. The number of fused-ring (bicyclic) bond motifs is 2. The molecule has 1 N–H and O–H groups in total. The molecule has 0 saturated carbocycles. The lowest BCUT2D eigenvalue weighted by Gasteiger charge is -2.29. The maximum Gasteiger partial charge on any atom is 0.255 e. The summed E-state index contributed by atoms with van der Waals surface area (Å²) in [6.07, 6.45) is 8.69. The normalized spacial score (nSPS) is 21.7. The van der Waals surface area contributed by atoms with Crippen LogP contribution in [-0.2, 0) is 22.7 Å². The summed E-state index contributed by atoms with van der Waals surface area (Å²) in [5.74, 6) is 2.69. The van der Waals surface area contributed by atoms with Crippen molar-refractivity contribution in [2.75, 3.05) is 13.1 Å². The number of amides is 3. The number of terminal acetylenes is 1. The maximum absolute atomic E-state index is 12.9. The molecule has 186 valence electrons. The van der Waals surface area contributed by atoms with Crippen molar-refractivity contribution in [1.29, 1.82) is 0 Å². The molecule has 4 heterocycles. The molecule has 3 aromatic rings. The van der Waals surface area contributed by atoms with Crippen molar-refractivity contribution < 1.29 is 19.1 Å². The Balaban J connectivity index is 1.08. The number of carbonyl (C=O) groups excluding carboxylic acids is 3. The van der Waals surface area contributed by atoms with Gasteiger partial charge >= 0.3 is 0 Å². The van der Waals surface area contributed by atoms with Crippen molar-refractivity contribution in [3.8, 4) is 18.1 Å². The molecule has 2 aromatic carbocycles. The van der Waals surface area contributed by atoms with Crippen LogP contribution in [0, 0.1) is 12.3 Å². The Kier molecular flexibility index (Phi) is 5.81. The van der Waals surface area contributed by atoms with Gasteiger partial charge in [0, 0.05) is 49.7 Å². The number of benzene rings is 2. The highest BCUT2D eigenvalue weighted by molar-refractivity contribution is 6.05. The monoisotopic (exact) mass is 495 g/mol. The van der Waals surface area contributed by atoms with Crippen LogP contribution < -0.4 is 10.1 Å². The lowest BCUT2D eigenvalue weighted by Crippen LogP contribution is -2.52. The first-order valence-corrected chi connectivity index (χ1v) is 12.4. The highest BCUT2D eigenvalue weighted by atomic mass is 16.5. The van der Waals surface area contributed by atoms with E-state index in [0.717, 1.165) is 48.3 Å². The first-order valence-electron chi connectivity index (χ1n) is 12.4. The third-order valence-corrected chi connectivity index (χ3v) is 7.21. The van der Waals surface area contributed by atoms with Crippen LogP contribution in [0.3, 0.4) is 0 Å². The minimum absolute atomic E-state index is 0.0448. The fraction of sp³-hybridized carbons (Fsp3) is 0.321. The number of hydrogen-bond acceptors (Lipinski definition) is 7. The van der Waals surface area contributed by atoms with Gasteiger partial charge in [-0.05, 0) is 60.2 Å². The number of ether oxygens (including phenoxy) is 1. The van der Waals surface area contributed by atoms with Crippen LogP contribution in [0.1, 0.15) is 46.6 Å². The van der Waals surface area contributed by atoms with E-state index in [4.69, 9.17) is 11.2 Å². The summed E-state index contributed by atoms with van der Waals surface area (Å²) in [7, 11) is 0. The fourth-order valence-electron chi connectivity index (χ4n) is 5.36. The molecule has 1 unspecified atom stereocenters. The number of aromatic nitrogens is 2. The number of likely N-dealkylation sites (tertiary alicyclic amines) is 1. The van der Waals surface area contributed by atoms with E-state index in [-0.39, 0.29) is 24.3 Å². The first-order chi connectivity index (χ1) is 18.0. The lowest BCUT2D eigenvalue weighted by molar-refractivity contribution is -0.136. The average Bonchev–Trinajstić information content (AvgIpc) is 3.47. The summed E-state index contributed by atoms with van der Waals surface area (Å²) in [5, 5.41) is 3.29. The van der Waals surface area contributed by atoms with Crippen LogP contribution in [0.2, 0.25) is 0 Å². The quantitative estimate of drug-likeness (QED) is 0.427. The molecule has 9 nitrogen and oxygen atoms in total. The molecule has 2 saturated heterocycles. The minimum Gasteiger partial charge on any atom is -0.489 e. The topological polar surface area (TPSA) is 105 Å². The number of piperidine rings is 1. The summed E-state index contributed by atoms with van der Waals surface area (Å²) in [4.78, 5) is 49.1. The van der Waals surface area contributed by atoms with Crippen LogP contribution in [-0.4, -0.2) is 62.7 Å². The standard InChI is InChI=1S/C28H25N5O4/c1-2-25-29-13-18-11-17(3-6-23(18)30-25)14-32-10-9-21(16-32)37-20-4-5-22-19(12-20)15-33(28(22)36)24-7-8-26(34)31-27(24)35/h1,3-6,11-13,21,24H,7-10,14-16H2,(H,31,34,35)/t21-,24?/m0/s1. The van der Waals surface area contributed by atoms with Crippen molar-refractivity contribution >= 4 is 28.6 Å². The van der Waals surface area contributed by atoms with Gasteiger partial charge in [-0.25, -0.2) is 9.97 Å². The Hall–Kier alpha value is -4.29. The Bertz CT molecular complexity index is 1480. The zero-order valence-electron chi connectivity index (χ0n) is 20.1. The van der Waals surface area contributed by atoms with E-state index in [1.165, 1.54) is 5.56 Å². The molecular weight excluding hydrogens is 470 g/mol. The van der Waals surface area contributed by atoms with Crippen molar-refractivity contribution in [2.45, 2.75) is 44.5 Å². The van der Waals surface area contributed by atoms with Crippen molar-refractivity contribution in [3.05, 3.63) is 65.1 Å². The molecule has 9 heteroatoms. The summed E-state index contributed by atoms with van der Waals surface area (Å²) in [6.45, 7) is 2.85. The predicted molar refractivity (Wildman–Crippen MR) is 134 cm³/mol. The second-order valence-corrected chi connectivity index (χ2v) is 9.71. The number of nitrogens with zero attached hydrogens (tertiary/aromatic N) is 4. The van der Waals surface area contributed by atoms with E-state index < -0.39 is 11.9 Å². The Morgan fingerprint density at radius 1 is 1.14 bits per heavy atom. The van der Waals surface area contributed by atoms with Gasteiger partial charge < -0.3 is 9.64 Å². The van der Waals surface area contributed by atoms with E-state index in [9.17, 15) is 14.4 Å². The third-order valence-electron chi connectivity index (χ3n) is 7.21. The van der Waals surface area contributed by atoms with E-state index in [1.807, 2.05) is 18.2 Å². The molecular formula is C28H25N5O4. The summed E-state index contributed by atoms with van der Waals surface area (Å²) in [6, 6.07) is 11.0. The zero-order chi connectivity index (χ0) is 25.5. The maximum atomic E-state index is 12.9. The predicted octanol–water partition coefficient (Wildman–Crippen LogP) is 2.03. The Labute approximate surface area is 213 Å². The summed E-state index contributed by atoms with van der Waals surface area (Å²) >= 11 is 0. The molecule has 37 heavy (non-hydrogen) atoms. The number of nitrogens with one attached hydrogen (secondary N) is 1. The molecule has 2 fully saturated rings. The minimum atomic E-state index is -0.619. The molecule has 0 spiro atoms. The van der Waals surface area contributed by atoms with Crippen molar-refractivity contribution in [3.63, 3.8) is 0 Å². The Morgan fingerprint density at radius 3 is 2.86 bits per heavy atom. The van der Waals surface area contributed by atoms with Crippen molar-refractivity contribution in [2.24, 2.45) is 0 Å². The van der Waals surface area contributed by atoms with E-state index in [1.54, 1.807) is 17.2 Å². The van der Waals surface area contributed by atoms with Crippen LogP contribution in [0.5, 0.6) is 5.75 Å². The van der Waals surface area contributed by atoms with Gasteiger partial charge in [-0.2, -0.15) is 0 Å². The number of carbonyl (C=O) groups is 3. The number of imide groups is 1. The molecule has 3 aliphatic rings. The Morgan fingerprint density at radius 2 is 2.03 bits per heavy atom. The van der Waals surface area contributed by atoms with Gasteiger partial charge in [0.25, 0.3) is 5.91 Å². The zero-order valence-corrected chi connectivity index (χ0v) is 20.1. The van der Waals surface area contributed by atoms with Crippen LogP contribution in [0.4, 0.5) is 0 Å². The molecule has 3 amide bonds. The average molecular weight is 496 g/mol. The molecule has 3 aliphatic heterocycles.